The molecular formula is C21H21BN4O4. The molecule has 0 saturated heterocycles. The maximum atomic E-state index is 10.7. The summed E-state index contributed by atoms with van der Waals surface area (Å²) in [4.78, 5) is 12.3. The van der Waals surface area contributed by atoms with Crippen molar-refractivity contribution in [2.24, 2.45) is 10.2 Å². The predicted molar refractivity (Wildman–Crippen MR) is 117 cm³/mol. The Labute approximate surface area is 174 Å². The lowest BCUT2D eigenvalue weighted by molar-refractivity contribution is -0.384. The maximum Gasteiger partial charge on any atom is 0.488 e. The van der Waals surface area contributed by atoms with Crippen molar-refractivity contribution in [3.05, 3.63) is 88.0 Å². The summed E-state index contributed by atoms with van der Waals surface area (Å²) < 4.78 is 0. The van der Waals surface area contributed by atoms with Crippen molar-refractivity contribution in [1.82, 2.24) is 0 Å². The Bertz CT molecular complexity index is 1070. The number of aryl methyl sites for hydroxylation is 1. The van der Waals surface area contributed by atoms with Crippen LogP contribution in [-0.4, -0.2) is 29.1 Å². The first-order chi connectivity index (χ1) is 14.3. The number of non-ortho nitro benzene ring substituents is 1. The van der Waals surface area contributed by atoms with E-state index in [1.165, 1.54) is 12.1 Å². The minimum Gasteiger partial charge on any atom is -0.423 e. The van der Waals surface area contributed by atoms with Crippen molar-refractivity contribution >= 4 is 35.3 Å². The summed E-state index contributed by atoms with van der Waals surface area (Å²) >= 11 is 0. The number of hydrogen-bond acceptors (Lipinski definition) is 7. The monoisotopic (exact) mass is 404 g/mol. The Kier molecular flexibility index (Phi) is 6.56. The lowest BCUT2D eigenvalue weighted by Gasteiger charge is -2.22. The second kappa shape index (κ2) is 9.30. The van der Waals surface area contributed by atoms with Crippen LogP contribution in [0.25, 0.3) is 0 Å². The minimum absolute atomic E-state index is 0.00723. The van der Waals surface area contributed by atoms with Crippen LogP contribution in [0.1, 0.15) is 11.1 Å². The number of rotatable bonds is 7. The second-order valence-corrected chi connectivity index (χ2v) is 6.87. The van der Waals surface area contributed by atoms with Crippen LogP contribution in [0.15, 0.2) is 77.0 Å². The molecule has 30 heavy (non-hydrogen) atoms. The van der Waals surface area contributed by atoms with Gasteiger partial charge in [0.2, 0.25) is 0 Å². The van der Waals surface area contributed by atoms with Crippen molar-refractivity contribution in [1.29, 1.82) is 0 Å². The Morgan fingerprint density at radius 3 is 2.37 bits per heavy atom. The number of benzene rings is 3. The summed E-state index contributed by atoms with van der Waals surface area (Å²) in [6.07, 6.45) is 0. The van der Waals surface area contributed by atoms with E-state index in [1.807, 2.05) is 49.2 Å². The van der Waals surface area contributed by atoms with E-state index in [9.17, 15) is 20.2 Å². The molecule has 0 spiro atoms. The molecule has 0 amide bonds. The Morgan fingerprint density at radius 1 is 1.03 bits per heavy atom. The molecule has 0 atom stereocenters. The highest BCUT2D eigenvalue weighted by Crippen LogP contribution is 2.27. The molecule has 0 aromatic heterocycles. The molecule has 0 bridgehead atoms. The number of hydrogen-bond donors (Lipinski definition) is 2. The molecule has 0 aliphatic rings. The van der Waals surface area contributed by atoms with Crippen molar-refractivity contribution in [3.8, 4) is 0 Å². The average Bonchev–Trinajstić information content (AvgIpc) is 2.73. The van der Waals surface area contributed by atoms with Crippen LogP contribution in [0.5, 0.6) is 0 Å². The molecule has 3 aromatic carbocycles. The third kappa shape index (κ3) is 5.08. The van der Waals surface area contributed by atoms with Crippen molar-refractivity contribution in [3.63, 3.8) is 0 Å². The van der Waals surface area contributed by atoms with Gasteiger partial charge in [-0.2, -0.15) is 10.2 Å². The van der Waals surface area contributed by atoms with E-state index in [1.54, 1.807) is 24.3 Å². The van der Waals surface area contributed by atoms with Gasteiger partial charge in [-0.05, 0) is 53.8 Å². The van der Waals surface area contributed by atoms with E-state index in [0.29, 0.717) is 23.4 Å². The molecule has 9 heteroatoms. The number of azo groups is 1. The predicted octanol–water partition coefficient (Wildman–Crippen LogP) is 3.63. The number of anilines is 1. The highest BCUT2D eigenvalue weighted by atomic mass is 16.6. The van der Waals surface area contributed by atoms with Gasteiger partial charge in [-0.15, -0.1) is 0 Å². The smallest absolute Gasteiger partial charge is 0.423 e. The fourth-order valence-electron chi connectivity index (χ4n) is 3.02. The fourth-order valence-corrected chi connectivity index (χ4v) is 3.02. The first-order valence-corrected chi connectivity index (χ1v) is 9.27. The molecule has 0 saturated carbocycles. The molecule has 152 valence electrons. The van der Waals surface area contributed by atoms with Crippen molar-refractivity contribution < 1.29 is 15.0 Å². The van der Waals surface area contributed by atoms with E-state index < -0.39 is 12.0 Å². The second-order valence-electron chi connectivity index (χ2n) is 6.87. The van der Waals surface area contributed by atoms with Gasteiger partial charge in [0, 0.05) is 31.4 Å². The molecule has 3 rings (SSSR count). The fraction of sp³-hybridized carbons (Fsp3) is 0.143. The Morgan fingerprint density at radius 2 is 1.73 bits per heavy atom. The van der Waals surface area contributed by atoms with Crippen LogP contribution in [-0.2, 0) is 6.54 Å². The third-order valence-corrected chi connectivity index (χ3v) is 4.70. The maximum absolute atomic E-state index is 10.7. The zero-order valence-corrected chi connectivity index (χ0v) is 16.6. The van der Waals surface area contributed by atoms with Gasteiger partial charge in [0.15, 0.2) is 0 Å². The quantitative estimate of drug-likeness (QED) is 0.270. The van der Waals surface area contributed by atoms with Crippen LogP contribution in [0.2, 0.25) is 0 Å². The van der Waals surface area contributed by atoms with Crippen LogP contribution in [0.3, 0.4) is 0 Å². The van der Waals surface area contributed by atoms with Gasteiger partial charge in [0.25, 0.3) is 5.69 Å². The van der Waals surface area contributed by atoms with E-state index in [0.717, 1.165) is 16.8 Å². The summed E-state index contributed by atoms with van der Waals surface area (Å²) in [7, 11) is 0.409. The molecule has 2 N–H and O–H groups in total. The first-order valence-electron chi connectivity index (χ1n) is 9.27. The molecule has 3 aromatic rings. The van der Waals surface area contributed by atoms with Crippen LogP contribution >= 0.6 is 0 Å². The SMILES string of the molecule is Cc1cc(N(C)Cc2ccccc2B(O)O)ccc1N=Nc1ccc([N+](=O)[O-])cc1. The largest absolute Gasteiger partial charge is 0.488 e. The summed E-state index contributed by atoms with van der Waals surface area (Å²) in [5.41, 5.74) is 4.40. The minimum atomic E-state index is -1.52. The van der Waals surface area contributed by atoms with Gasteiger partial charge >= 0.3 is 7.12 Å². The molecule has 0 aliphatic heterocycles. The van der Waals surface area contributed by atoms with Crippen LogP contribution < -0.4 is 10.4 Å². The van der Waals surface area contributed by atoms with E-state index >= 15 is 0 Å². The molecule has 0 fully saturated rings. The van der Waals surface area contributed by atoms with Crippen molar-refractivity contribution in [2.75, 3.05) is 11.9 Å². The van der Waals surface area contributed by atoms with Crippen LogP contribution in [0, 0.1) is 17.0 Å². The molecule has 0 aliphatic carbocycles. The van der Waals surface area contributed by atoms with Gasteiger partial charge < -0.3 is 14.9 Å². The molecule has 8 nitrogen and oxygen atoms in total. The van der Waals surface area contributed by atoms with E-state index in [4.69, 9.17) is 0 Å². The third-order valence-electron chi connectivity index (χ3n) is 4.70. The van der Waals surface area contributed by atoms with Gasteiger partial charge in [0.1, 0.15) is 0 Å². The number of nitro benzene ring substituents is 1. The van der Waals surface area contributed by atoms with Gasteiger partial charge in [0.05, 0.1) is 16.3 Å². The number of nitro groups is 1. The zero-order chi connectivity index (χ0) is 21.7. The van der Waals surface area contributed by atoms with Crippen LogP contribution in [0.4, 0.5) is 22.7 Å². The molecule has 0 unspecified atom stereocenters. The standard InChI is InChI=1S/C21H21BN4O4/c1-15-13-19(25(2)14-16-5-3-4-6-20(16)22(27)28)11-12-21(15)24-23-17-7-9-18(10-8-17)26(29)30/h3-13,27-28H,14H2,1-2H3. The lowest BCUT2D eigenvalue weighted by Crippen LogP contribution is -2.35. The molecular weight excluding hydrogens is 383 g/mol. The summed E-state index contributed by atoms with van der Waals surface area (Å²) in [5, 5.41) is 38.2. The van der Waals surface area contributed by atoms with Gasteiger partial charge in [-0.1, -0.05) is 24.3 Å². The zero-order valence-electron chi connectivity index (χ0n) is 16.6. The van der Waals surface area contributed by atoms with E-state index in [2.05, 4.69) is 10.2 Å². The van der Waals surface area contributed by atoms with Crippen molar-refractivity contribution in [2.45, 2.75) is 13.5 Å². The Balaban J connectivity index is 1.74. The summed E-state index contributed by atoms with van der Waals surface area (Å²) in [6, 6.07) is 18.8. The molecule has 0 heterocycles. The Hall–Kier alpha value is -3.56. The number of nitrogens with zero attached hydrogens (tertiary/aromatic N) is 4. The highest BCUT2D eigenvalue weighted by Gasteiger charge is 2.16. The lowest BCUT2D eigenvalue weighted by atomic mass is 9.77. The van der Waals surface area contributed by atoms with E-state index in [-0.39, 0.29) is 5.69 Å². The summed E-state index contributed by atoms with van der Waals surface area (Å²) in [5.74, 6) is 0. The average molecular weight is 404 g/mol. The van der Waals surface area contributed by atoms with Gasteiger partial charge in [-0.25, -0.2) is 0 Å². The molecule has 0 radical (unpaired) electrons. The first kappa shape index (κ1) is 21.2. The van der Waals surface area contributed by atoms with Gasteiger partial charge in [-0.3, -0.25) is 10.1 Å². The topological polar surface area (TPSA) is 112 Å². The summed E-state index contributed by atoms with van der Waals surface area (Å²) in [6.45, 7) is 2.43. The normalized spacial score (nSPS) is 10.9. The highest BCUT2D eigenvalue weighted by molar-refractivity contribution is 6.59.